The number of carbonyl (C=O) groups is 2. The molecular formula is C20H29NO6. The molecule has 0 aliphatic carbocycles. The lowest BCUT2D eigenvalue weighted by Crippen LogP contribution is -2.45. The van der Waals surface area contributed by atoms with Crippen LogP contribution in [-0.4, -0.2) is 56.6 Å². The highest BCUT2D eigenvalue weighted by molar-refractivity contribution is 5.89. The van der Waals surface area contributed by atoms with E-state index in [9.17, 15) is 9.59 Å². The van der Waals surface area contributed by atoms with Crippen LogP contribution in [0.5, 0.6) is 5.75 Å². The monoisotopic (exact) mass is 379 g/mol. The average molecular weight is 379 g/mol. The van der Waals surface area contributed by atoms with Crippen LogP contribution >= 0.6 is 0 Å². The van der Waals surface area contributed by atoms with Crippen LogP contribution in [0.3, 0.4) is 0 Å². The lowest BCUT2D eigenvalue weighted by molar-refractivity contribution is -0.172. The maximum absolute atomic E-state index is 12.1. The number of nitrogens with one attached hydrogen (secondary N) is 1. The van der Waals surface area contributed by atoms with Crippen LogP contribution in [-0.2, 0) is 19.0 Å². The smallest absolute Gasteiger partial charge is 0.337 e. The fraction of sp³-hybridized carbons (Fsp3) is 0.600. The van der Waals surface area contributed by atoms with Crippen molar-refractivity contribution in [3.8, 4) is 5.75 Å². The molecular weight excluding hydrogens is 350 g/mol. The zero-order valence-electron chi connectivity index (χ0n) is 16.4. The number of carbonyl (C=O) groups excluding carboxylic acids is 2. The van der Waals surface area contributed by atoms with Crippen molar-refractivity contribution in [2.45, 2.75) is 51.4 Å². The first-order valence-corrected chi connectivity index (χ1v) is 9.17. The quantitative estimate of drug-likeness (QED) is 0.575. The molecule has 1 aliphatic heterocycles. The number of methoxy groups -OCH3 is 1. The zero-order valence-corrected chi connectivity index (χ0v) is 16.4. The summed E-state index contributed by atoms with van der Waals surface area (Å²) < 4.78 is 21.3. The summed E-state index contributed by atoms with van der Waals surface area (Å²) in [4.78, 5) is 23.5. The van der Waals surface area contributed by atoms with Crippen molar-refractivity contribution in [3.63, 3.8) is 0 Å². The SMILES string of the molecule is COC(=O)c1ccc(OCCNC2CCOC(C(=O)OC(C)(C)C)C2)cc1. The summed E-state index contributed by atoms with van der Waals surface area (Å²) in [5.41, 5.74) is -0.0312. The lowest BCUT2D eigenvalue weighted by atomic mass is 10.0. The third kappa shape index (κ3) is 7.19. The summed E-state index contributed by atoms with van der Waals surface area (Å²) in [5, 5.41) is 3.39. The summed E-state index contributed by atoms with van der Waals surface area (Å²) in [6.45, 7) is 7.18. The van der Waals surface area contributed by atoms with Crippen LogP contribution in [0.2, 0.25) is 0 Å². The molecule has 0 saturated carbocycles. The summed E-state index contributed by atoms with van der Waals surface area (Å²) in [7, 11) is 1.35. The molecule has 1 aromatic carbocycles. The summed E-state index contributed by atoms with van der Waals surface area (Å²) in [5.74, 6) is 0.00119. The van der Waals surface area contributed by atoms with Gasteiger partial charge < -0.3 is 24.3 Å². The van der Waals surface area contributed by atoms with Gasteiger partial charge >= 0.3 is 11.9 Å². The van der Waals surface area contributed by atoms with Gasteiger partial charge in [-0.15, -0.1) is 0 Å². The molecule has 1 N–H and O–H groups in total. The first-order valence-electron chi connectivity index (χ1n) is 9.17. The van der Waals surface area contributed by atoms with Crippen molar-refractivity contribution in [2.24, 2.45) is 0 Å². The van der Waals surface area contributed by atoms with Gasteiger partial charge in [0.15, 0.2) is 6.10 Å². The van der Waals surface area contributed by atoms with Gasteiger partial charge in [-0.3, -0.25) is 0 Å². The molecule has 150 valence electrons. The first-order chi connectivity index (χ1) is 12.8. The Hall–Kier alpha value is -2.12. The van der Waals surface area contributed by atoms with Gasteiger partial charge in [0.1, 0.15) is 18.0 Å². The van der Waals surface area contributed by atoms with E-state index in [0.717, 1.165) is 6.42 Å². The molecule has 1 aliphatic rings. The maximum Gasteiger partial charge on any atom is 0.337 e. The van der Waals surface area contributed by atoms with Crippen molar-refractivity contribution < 1.29 is 28.5 Å². The zero-order chi connectivity index (χ0) is 19.9. The molecule has 0 amide bonds. The highest BCUT2D eigenvalue weighted by Gasteiger charge is 2.31. The topological polar surface area (TPSA) is 83.1 Å². The summed E-state index contributed by atoms with van der Waals surface area (Å²) in [6, 6.07) is 6.98. The van der Waals surface area contributed by atoms with Gasteiger partial charge in [-0.05, 0) is 57.9 Å². The molecule has 2 unspecified atom stereocenters. The van der Waals surface area contributed by atoms with E-state index >= 15 is 0 Å². The second-order valence-electron chi connectivity index (χ2n) is 7.43. The van der Waals surface area contributed by atoms with E-state index in [0.29, 0.717) is 37.5 Å². The molecule has 0 spiro atoms. The van der Waals surface area contributed by atoms with Crippen LogP contribution in [0.1, 0.15) is 44.0 Å². The predicted octanol–water partition coefficient (Wildman–Crippen LogP) is 2.33. The Morgan fingerprint density at radius 2 is 1.93 bits per heavy atom. The number of hydrogen-bond acceptors (Lipinski definition) is 7. The maximum atomic E-state index is 12.1. The number of ether oxygens (including phenoxy) is 4. The Morgan fingerprint density at radius 3 is 2.56 bits per heavy atom. The van der Waals surface area contributed by atoms with Gasteiger partial charge in [0.05, 0.1) is 12.7 Å². The molecule has 2 atom stereocenters. The van der Waals surface area contributed by atoms with Gasteiger partial charge in [0, 0.05) is 19.2 Å². The van der Waals surface area contributed by atoms with Crippen molar-refractivity contribution in [2.75, 3.05) is 26.9 Å². The number of hydrogen-bond donors (Lipinski definition) is 1. The molecule has 27 heavy (non-hydrogen) atoms. The van der Waals surface area contributed by atoms with E-state index in [4.69, 9.17) is 14.2 Å². The molecule has 1 saturated heterocycles. The molecule has 1 fully saturated rings. The Kier molecular flexibility index (Phi) is 7.62. The van der Waals surface area contributed by atoms with Crippen LogP contribution in [0, 0.1) is 0 Å². The third-order valence-corrected chi connectivity index (χ3v) is 4.03. The highest BCUT2D eigenvalue weighted by atomic mass is 16.6. The van der Waals surface area contributed by atoms with Gasteiger partial charge in [-0.25, -0.2) is 9.59 Å². The molecule has 1 aromatic rings. The van der Waals surface area contributed by atoms with Crippen molar-refractivity contribution in [3.05, 3.63) is 29.8 Å². The predicted molar refractivity (Wildman–Crippen MR) is 99.9 cm³/mol. The van der Waals surface area contributed by atoms with Crippen LogP contribution in [0.4, 0.5) is 0 Å². The van der Waals surface area contributed by atoms with E-state index in [1.165, 1.54) is 7.11 Å². The van der Waals surface area contributed by atoms with E-state index in [1.54, 1.807) is 24.3 Å². The number of rotatable bonds is 7. The minimum absolute atomic E-state index is 0.182. The summed E-state index contributed by atoms with van der Waals surface area (Å²) >= 11 is 0. The minimum Gasteiger partial charge on any atom is -0.492 e. The van der Waals surface area contributed by atoms with E-state index in [2.05, 4.69) is 10.1 Å². The molecule has 0 radical (unpaired) electrons. The van der Waals surface area contributed by atoms with E-state index in [1.807, 2.05) is 20.8 Å². The van der Waals surface area contributed by atoms with Crippen molar-refractivity contribution in [1.29, 1.82) is 0 Å². The first kappa shape index (κ1) is 21.2. The highest BCUT2D eigenvalue weighted by Crippen LogP contribution is 2.18. The molecule has 0 aromatic heterocycles. The molecule has 7 heteroatoms. The largest absolute Gasteiger partial charge is 0.492 e. The van der Waals surface area contributed by atoms with Crippen LogP contribution < -0.4 is 10.1 Å². The second kappa shape index (κ2) is 9.71. The molecule has 1 heterocycles. The van der Waals surface area contributed by atoms with Gasteiger partial charge in [-0.1, -0.05) is 0 Å². The number of benzene rings is 1. The standard InChI is InChI=1S/C20H29NO6/c1-20(2,3)27-19(23)17-13-15(9-11-26-17)21-10-12-25-16-7-5-14(6-8-16)18(22)24-4/h5-8,15,17,21H,9-13H2,1-4H3. The van der Waals surface area contributed by atoms with Crippen molar-refractivity contribution >= 4 is 11.9 Å². The van der Waals surface area contributed by atoms with Gasteiger partial charge in [0.25, 0.3) is 0 Å². The molecule has 7 nitrogen and oxygen atoms in total. The Balaban J connectivity index is 1.70. The van der Waals surface area contributed by atoms with Crippen LogP contribution in [0.25, 0.3) is 0 Å². The fourth-order valence-corrected chi connectivity index (χ4v) is 2.75. The normalized spacial score (nSPS) is 20.0. The van der Waals surface area contributed by atoms with Gasteiger partial charge in [0.2, 0.25) is 0 Å². The molecule has 0 bridgehead atoms. The third-order valence-electron chi connectivity index (χ3n) is 4.03. The fourth-order valence-electron chi connectivity index (χ4n) is 2.75. The second-order valence-corrected chi connectivity index (χ2v) is 7.43. The Labute approximate surface area is 160 Å². The van der Waals surface area contributed by atoms with Crippen molar-refractivity contribution in [1.82, 2.24) is 5.32 Å². The number of esters is 2. The van der Waals surface area contributed by atoms with E-state index < -0.39 is 11.7 Å². The lowest BCUT2D eigenvalue weighted by Gasteiger charge is -2.31. The van der Waals surface area contributed by atoms with E-state index in [-0.39, 0.29) is 18.0 Å². The van der Waals surface area contributed by atoms with Crippen LogP contribution in [0.15, 0.2) is 24.3 Å². The summed E-state index contributed by atoms with van der Waals surface area (Å²) in [6.07, 6.45) is 0.901. The Bertz CT molecular complexity index is 622. The Morgan fingerprint density at radius 1 is 1.22 bits per heavy atom. The molecule has 2 rings (SSSR count). The average Bonchev–Trinajstić information content (AvgIpc) is 2.64. The minimum atomic E-state index is -0.526. The van der Waals surface area contributed by atoms with Gasteiger partial charge in [-0.2, -0.15) is 0 Å².